The zero-order valence-corrected chi connectivity index (χ0v) is 16.3. The van der Waals surface area contributed by atoms with Crippen molar-refractivity contribution in [3.05, 3.63) is 52.5 Å². The quantitative estimate of drug-likeness (QED) is 0.774. The molecule has 0 aromatic carbocycles. The Hall–Kier alpha value is -1.77. The van der Waals surface area contributed by atoms with Crippen molar-refractivity contribution in [2.75, 3.05) is 25.1 Å². The van der Waals surface area contributed by atoms with Gasteiger partial charge in [0.1, 0.15) is 0 Å². The fraction of sp³-hybridized carbons (Fsp3) is 0.444. The lowest BCUT2D eigenvalue weighted by Crippen LogP contribution is -2.42. The summed E-state index contributed by atoms with van der Waals surface area (Å²) in [6, 6.07) is 7.41. The number of likely N-dealkylation sites (N-methyl/N-ethyl adjacent to an activating group) is 1. The number of carbonyl (C=O) groups excluding carboxylic acids is 1. The summed E-state index contributed by atoms with van der Waals surface area (Å²) in [5.74, 6) is 0.218. The lowest BCUT2D eigenvalue weighted by Gasteiger charge is -2.24. The normalized spacial score (nSPS) is 20.2. The summed E-state index contributed by atoms with van der Waals surface area (Å²) < 4.78 is 23.3. The molecule has 1 saturated heterocycles. The number of amides is 1. The van der Waals surface area contributed by atoms with E-state index in [1.54, 1.807) is 24.6 Å². The average Bonchev–Trinajstić information content (AvgIpc) is 3.24. The number of pyridine rings is 1. The second-order valence-electron chi connectivity index (χ2n) is 6.68. The molecular weight excluding hydrogens is 370 g/mol. The number of nitrogens with one attached hydrogen (secondary N) is 1. The molecule has 2 aromatic heterocycles. The third kappa shape index (κ3) is 5.12. The Morgan fingerprint density at radius 3 is 2.88 bits per heavy atom. The first kappa shape index (κ1) is 19.0. The number of rotatable bonds is 7. The maximum Gasteiger partial charge on any atom is 0.234 e. The predicted molar refractivity (Wildman–Crippen MR) is 103 cm³/mol. The maximum atomic E-state index is 12.6. The van der Waals surface area contributed by atoms with Crippen molar-refractivity contribution in [2.45, 2.75) is 24.9 Å². The fourth-order valence-electron chi connectivity index (χ4n) is 3.17. The lowest BCUT2D eigenvalue weighted by atomic mass is 10.1. The van der Waals surface area contributed by atoms with E-state index in [0.29, 0.717) is 12.8 Å². The molecule has 1 aliphatic rings. The van der Waals surface area contributed by atoms with Crippen LogP contribution in [0.25, 0.3) is 0 Å². The first-order valence-corrected chi connectivity index (χ1v) is 11.3. The number of sulfone groups is 1. The van der Waals surface area contributed by atoms with Crippen LogP contribution in [0.15, 0.2) is 41.2 Å². The summed E-state index contributed by atoms with van der Waals surface area (Å²) in [7, 11) is -1.15. The number of thiophene rings is 1. The van der Waals surface area contributed by atoms with E-state index in [1.165, 1.54) is 0 Å². The molecule has 1 fully saturated rings. The van der Waals surface area contributed by atoms with Gasteiger partial charge in [-0.05, 0) is 54.4 Å². The van der Waals surface area contributed by atoms with Crippen molar-refractivity contribution in [1.82, 2.24) is 15.2 Å². The maximum absolute atomic E-state index is 12.6. The van der Waals surface area contributed by atoms with Gasteiger partial charge < -0.3 is 5.32 Å². The Morgan fingerprint density at radius 1 is 1.42 bits per heavy atom. The summed E-state index contributed by atoms with van der Waals surface area (Å²) in [5.41, 5.74) is 1.97. The smallest absolute Gasteiger partial charge is 0.234 e. The van der Waals surface area contributed by atoms with Gasteiger partial charge in [-0.25, -0.2) is 8.42 Å². The van der Waals surface area contributed by atoms with Gasteiger partial charge in [-0.1, -0.05) is 6.07 Å². The van der Waals surface area contributed by atoms with E-state index < -0.39 is 9.84 Å². The SMILES string of the molecule is CN(CC(=O)N[C@H](Cc1ccsc1)c1ccccn1)[C@@H]1CCS(=O)(=O)C1. The van der Waals surface area contributed by atoms with Crippen LogP contribution in [-0.4, -0.2) is 55.3 Å². The van der Waals surface area contributed by atoms with Gasteiger partial charge in [-0.2, -0.15) is 11.3 Å². The third-order valence-electron chi connectivity index (χ3n) is 4.62. The van der Waals surface area contributed by atoms with Gasteiger partial charge in [0.15, 0.2) is 9.84 Å². The molecule has 3 rings (SSSR count). The summed E-state index contributed by atoms with van der Waals surface area (Å²) in [5, 5.41) is 7.14. The molecule has 140 valence electrons. The van der Waals surface area contributed by atoms with Gasteiger partial charge in [0.25, 0.3) is 0 Å². The van der Waals surface area contributed by atoms with Crippen LogP contribution >= 0.6 is 11.3 Å². The van der Waals surface area contributed by atoms with E-state index in [-0.39, 0.29) is 36.0 Å². The summed E-state index contributed by atoms with van der Waals surface area (Å²) >= 11 is 1.62. The number of hydrogen-bond acceptors (Lipinski definition) is 6. The van der Waals surface area contributed by atoms with E-state index in [1.807, 2.05) is 34.5 Å². The molecule has 0 radical (unpaired) electrons. The number of aromatic nitrogens is 1. The van der Waals surface area contributed by atoms with E-state index in [4.69, 9.17) is 0 Å². The topological polar surface area (TPSA) is 79.4 Å². The van der Waals surface area contributed by atoms with E-state index in [0.717, 1.165) is 11.3 Å². The predicted octanol–water partition coefficient (Wildman–Crippen LogP) is 1.66. The molecular formula is C18H23N3O3S2. The fourth-order valence-corrected chi connectivity index (χ4v) is 5.66. The highest BCUT2D eigenvalue weighted by Gasteiger charge is 2.31. The third-order valence-corrected chi connectivity index (χ3v) is 7.11. The highest BCUT2D eigenvalue weighted by atomic mass is 32.2. The molecule has 2 atom stereocenters. The molecule has 2 aromatic rings. The van der Waals surface area contributed by atoms with Crippen LogP contribution < -0.4 is 5.32 Å². The zero-order chi connectivity index (χ0) is 18.6. The molecule has 0 saturated carbocycles. The summed E-state index contributed by atoms with van der Waals surface area (Å²) in [4.78, 5) is 18.8. The van der Waals surface area contributed by atoms with E-state index in [9.17, 15) is 13.2 Å². The lowest BCUT2D eigenvalue weighted by molar-refractivity contribution is -0.123. The number of nitrogens with zero attached hydrogens (tertiary/aromatic N) is 2. The Labute approximate surface area is 158 Å². The van der Waals surface area contributed by atoms with Crippen LogP contribution in [0.2, 0.25) is 0 Å². The van der Waals surface area contributed by atoms with E-state index in [2.05, 4.69) is 15.7 Å². The Balaban J connectivity index is 1.63. The average molecular weight is 394 g/mol. The van der Waals surface area contributed by atoms with Crippen LogP contribution in [-0.2, 0) is 21.1 Å². The molecule has 0 aliphatic carbocycles. The molecule has 3 heterocycles. The molecule has 1 aliphatic heterocycles. The van der Waals surface area contributed by atoms with Gasteiger partial charge in [0, 0.05) is 12.2 Å². The van der Waals surface area contributed by atoms with Crippen molar-refractivity contribution >= 4 is 27.1 Å². The second kappa shape index (κ2) is 8.28. The van der Waals surface area contributed by atoms with Gasteiger partial charge in [-0.15, -0.1) is 0 Å². The minimum atomic E-state index is -2.96. The van der Waals surface area contributed by atoms with E-state index >= 15 is 0 Å². The minimum Gasteiger partial charge on any atom is -0.346 e. The van der Waals surface area contributed by atoms with Gasteiger partial charge in [0.05, 0.1) is 29.8 Å². The standard InChI is InChI=1S/C18H23N3O3S2/c1-21(15-6-9-26(23,24)13-15)11-18(22)20-17(10-14-5-8-25-12-14)16-4-2-3-7-19-16/h2-5,7-8,12,15,17H,6,9-11,13H2,1H3,(H,20,22)/t15-,17-/m1/s1. The molecule has 8 heteroatoms. The Bertz CT molecular complexity index is 823. The zero-order valence-electron chi connectivity index (χ0n) is 14.7. The Kier molecular flexibility index (Phi) is 6.05. The molecule has 0 spiro atoms. The summed E-state index contributed by atoms with van der Waals surface area (Å²) in [6.07, 6.45) is 2.98. The summed E-state index contributed by atoms with van der Waals surface area (Å²) in [6.45, 7) is 0.174. The largest absolute Gasteiger partial charge is 0.346 e. The van der Waals surface area contributed by atoms with Crippen LogP contribution in [0.5, 0.6) is 0 Å². The van der Waals surface area contributed by atoms with Crippen LogP contribution in [0.1, 0.15) is 23.7 Å². The van der Waals surface area contributed by atoms with Gasteiger partial charge in [0.2, 0.25) is 5.91 Å². The van der Waals surface area contributed by atoms with Crippen molar-refractivity contribution in [3.63, 3.8) is 0 Å². The molecule has 0 bridgehead atoms. The molecule has 0 unspecified atom stereocenters. The minimum absolute atomic E-state index is 0.0871. The second-order valence-corrected chi connectivity index (χ2v) is 9.69. The van der Waals surface area contributed by atoms with Gasteiger partial charge >= 0.3 is 0 Å². The van der Waals surface area contributed by atoms with Crippen molar-refractivity contribution in [2.24, 2.45) is 0 Å². The monoisotopic (exact) mass is 393 g/mol. The number of hydrogen-bond donors (Lipinski definition) is 1. The Morgan fingerprint density at radius 2 is 2.27 bits per heavy atom. The van der Waals surface area contributed by atoms with Crippen molar-refractivity contribution in [3.8, 4) is 0 Å². The van der Waals surface area contributed by atoms with Crippen LogP contribution in [0, 0.1) is 0 Å². The van der Waals surface area contributed by atoms with Crippen molar-refractivity contribution < 1.29 is 13.2 Å². The van der Waals surface area contributed by atoms with Gasteiger partial charge in [-0.3, -0.25) is 14.7 Å². The molecule has 1 N–H and O–H groups in total. The highest BCUT2D eigenvalue weighted by Crippen LogP contribution is 2.19. The molecule has 1 amide bonds. The van der Waals surface area contributed by atoms with Crippen molar-refractivity contribution in [1.29, 1.82) is 0 Å². The highest BCUT2D eigenvalue weighted by molar-refractivity contribution is 7.91. The first-order chi connectivity index (χ1) is 12.4. The first-order valence-electron chi connectivity index (χ1n) is 8.55. The van der Waals surface area contributed by atoms with Crippen LogP contribution in [0.3, 0.4) is 0 Å². The van der Waals surface area contributed by atoms with Crippen LogP contribution in [0.4, 0.5) is 0 Å². The molecule has 6 nitrogen and oxygen atoms in total. The number of carbonyl (C=O) groups is 1. The molecule has 26 heavy (non-hydrogen) atoms.